The molecule has 0 saturated heterocycles. The van der Waals surface area contributed by atoms with Crippen LogP contribution in [0, 0.1) is 0 Å². The average Bonchev–Trinajstić information content (AvgIpc) is 2.36. The summed E-state index contributed by atoms with van der Waals surface area (Å²) in [4.78, 5) is 19.4. The van der Waals surface area contributed by atoms with Crippen molar-refractivity contribution in [1.29, 1.82) is 0 Å². The monoisotopic (exact) mass is 268 g/mol. The molecule has 1 aromatic carbocycles. The molecule has 0 unspecified atom stereocenters. The second-order valence-electron chi connectivity index (χ2n) is 3.34. The number of halogens is 1. The van der Waals surface area contributed by atoms with E-state index in [4.69, 9.17) is 26.2 Å². The molecule has 0 amide bonds. The lowest BCUT2D eigenvalue weighted by atomic mass is 10.2. The summed E-state index contributed by atoms with van der Waals surface area (Å²) in [7, 11) is 2.82. The first-order valence-corrected chi connectivity index (χ1v) is 5.27. The summed E-state index contributed by atoms with van der Waals surface area (Å²) in [5, 5.41) is 9.22. The van der Waals surface area contributed by atoms with Crippen LogP contribution in [0.15, 0.2) is 12.1 Å². The molecule has 0 spiro atoms. The topological polar surface area (TPSA) is 81.5 Å². The fourth-order valence-electron chi connectivity index (χ4n) is 1.53. The van der Waals surface area contributed by atoms with Gasteiger partial charge in [-0.1, -0.05) is 11.6 Å². The van der Waals surface area contributed by atoms with Crippen LogP contribution in [0.4, 0.5) is 0 Å². The average molecular weight is 269 g/mol. The van der Waals surface area contributed by atoms with E-state index in [0.29, 0.717) is 5.52 Å². The van der Waals surface area contributed by atoms with E-state index in [-0.39, 0.29) is 27.9 Å². The lowest BCUT2D eigenvalue weighted by Gasteiger charge is -2.08. The van der Waals surface area contributed by atoms with Crippen molar-refractivity contribution in [1.82, 2.24) is 9.97 Å². The number of aromatic carboxylic acids is 1. The SMILES string of the molecule is COc1nc2ccc(Cl)c(C(=O)O)c2nc1OC. The van der Waals surface area contributed by atoms with Crippen molar-refractivity contribution in [3.63, 3.8) is 0 Å². The molecule has 1 N–H and O–H groups in total. The van der Waals surface area contributed by atoms with E-state index in [1.165, 1.54) is 20.3 Å². The summed E-state index contributed by atoms with van der Waals surface area (Å²) in [5.74, 6) is -0.884. The van der Waals surface area contributed by atoms with E-state index in [1.54, 1.807) is 6.07 Å². The molecular weight excluding hydrogens is 260 g/mol. The highest BCUT2D eigenvalue weighted by molar-refractivity contribution is 6.35. The molecule has 0 bridgehead atoms. The van der Waals surface area contributed by atoms with Gasteiger partial charge in [0.05, 0.1) is 24.8 Å². The van der Waals surface area contributed by atoms with E-state index in [1.807, 2.05) is 0 Å². The first kappa shape index (κ1) is 12.4. The molecular formula is C11H9ClN2O4. The Kier molecular flexibility index (Phi) is 3.20. The Labute approximate surface area is 107 Å². The summed E-state index contributed by atoms with van der Waals surface area (Å²) < 4.78 is 9.98. The summed E-state index contributed by atoms with van der Waals surface area (Å²) in [6, 6.07) is 3.02. The third-order valence-corrected chi connectivity index (χ3v) is 2.64. The van der Waals surface area contributed by atoms with Gasteiger partial charge in [-0.25, -0.2) is 14.8 Å². The van der Waals surface area contributed by atoms with Crippen LogP contribution in [-0.4, -0.2) is 35.3 Å². The molecule has 1 aromatic heterocycles. The maximum Gasteiger partial charge on any atom is 0.339 e. The normalized spacial score (nSPS) is 10.4. The molecule has 0 aliphatic carbocycles. The van der Waals surface area contributed by atoms with Gasteiger partial charge in [0.2, 0.25) is 0 Å². The fraction of sp³-hybridized carbons (Fsp3) is 0.182. The van der Waals surface area contributed by atoms with Crippen LogP contribution in [0.25, 0.3) is 11.0 Å². The van der Waals surface area contributed by atoms with Crippen LogP contribution < -0.4 is 9.47 Å². The molecule has 6 nitrogen and oxygen atoms in total. The van der Waals surface area contributed by atoms with Crippen LogP contribution in [-0.2, 0) is 0 Å². The number of carboxylic acids is 1. The minimum absolute atomic E-state index is 0.0940. The number of ether oxygens (including phenoxy) is 2. The molecule has 7 heteroatoms. The number of carbonyl (C=O) groups is 1. The highest BCUT2D eigenvalue weighted by atomic mass is 35.5. The third-order valence-electron chi connectivity index (χ3n) is 2.32. The first-order valence-electron chi connectivity index (χ1n) is 4.90. The van der Waals surface area contributed by atoms with E-state index >= 15 is 0 Å². The Balaban J connectivity index is 2.84. The van der Waals surface area contributed by atoms with Gasteiger partial charge in [-0.05, 0) is 12.1 Å². The quantitative estimate of drug-likeness (QED) is 0.917. The molecule has 18 heavy (non-hydrogen) atoms. The predicted octanol–water partition coefficient (Wildman–Crippen LogP) is 2.00. The third kappa shape index (κ3) is 1.91. The number of nitrogens with zero attached hydrogens (tertiary/aromatic N) is 2. The smallest absolute Gasteiger partial charge is 0.339 e. The summed E-state index contributed by atoms with van der Waals surface area (Å²) in [6.45, 7) is 0. The van der Waals surface area contributed by atoms with Crippen molar-refractivity contribution in [2.75, 3.05) is 14.2 Å². The number of carboxylic acid groups (broad SMARTS) is 1. The van der Waals surface area contributed by atoms with Crippen LogP contribution in [0.2, 0.25) is 5.02 Å². The fourth-order valence-corrected chi connectivity index (χ4v) is 1.77. The van der Waals surface area contributed by atoms with Crippen molar-refractivity contribution in [3.05, 3.63) is 22.7 Å². The highest BCUT2D eigenvalue weighted by Crippen LogP contribution is 2.29. The number of benzene rings is 1. The molecule has 0 radical (unpaired) electrons. The highest BCUT2D eigenvalue weighted by Gasteiger charge is 2.18. The molecule has 1 heterocycles. The Bertz CT molecular complexity index is 630. The van der Waals surface area contributed by atoms with E-state index in [2.05, 4.69) is 9.97 Å². The molecule has 0 saturated carbocycles. The number of hydrogen-bond donors (Lipinski definition) is 1. The number of methoxy groups -OCH3 is 2. The number of rotatable bonds is 3. The zero-order valence-corrected chi connectivity index (χ0v) is 10.4. The molecule has 0 aliphatic rings. The minimum atomic E-state index is -1.17. The van der Waals surface area contributed by atoms with E-state index in [0.717, 1.165) is 0 Å². The second kappa shape index (κ2) is 4.66. The minimum Gasteiger partial charge on any atom is -0.478 e. The maximum absolute atomic E-state index is 11.2. The van der Waals surface area contributed by atoms with Crippen molar-refractivity contribution in [2.45, 2.75) is 0 Å². The van der Waals surface area contributed by atoms with Crippen LogP contribution in [0.3, 0.4) is 0 Å². The van der Waals surface area contributed by atoms with E-state index < -0.39 is 5.97 Å². The number of fused-ring (bicyclic) bond motifs is 1. The number of hydrogen-bond acceptors (Lipinski definition) is 5. The maximum atomic E-state index is 11.2. The van der Waals surface area contributed by atoms with Crippen molar-refractivity contribution in [3.8, 4) is 11.8 Å². The molecule has 0 aliphatic heterocycles. The van der Waals surface area contributed by atoms with E-state index in [9.17, 15) is 4.79 Å². The number of aromatic nitrogens is 2. The van der Waals surface area contributed by atoms with Crippen LogP contribution in [0.1, 0.15) is 10.4 Å². The zero-order chi connectivity index (χ0) is 13.3. The molecule has 0 fully saturated rings. The van der Waals surface area contributed by atoms with Gasteiger partial charge in [-0.2, -0.15) is 0 Å². The Morgan fingerprint density at radius 3 is 2.39 bits per heavy atom. The van der Waals surface area contributed by atoms with Crippen LogP contribution >= 0.6 is 11.6 Å². The van der Waals surface area contributed by atoms with Gasteiger partial charge in [0.25, 0.3) is 11.8 Å². The molecule has 0 atom stereocenters. The Morgan fingerprint density at radius 2 is 1.83 bits per heavy atom. The van der Waals surface area contributed by atoms with Gasteiger partial charge in [-0.15, -0.1) is 0 Å². The molecule has 2 rings (SSSR count). The van der Waals surface area contributed by atoms with Gasteiger partial charge in [-0.3, -0.25) is 0 Å². The van der Waals surface area contributed by atoms with Crippen molar-refractivity contribution >= 4 is 28.6 Å². The lowest BCUT2D eigenvalue weighted by Crippen LogP contribution is -2.04. The summed E-state index contributed by atoms with van der Waals surface area (Å²) in [6.07, 6.45) is 0. The van der Waals surface area contributed by atoms with Gasteiger partial charge in [0.15, 0.2) is 0 Å². The Hall–Kier alpha value is -2.08. The lowest BCUT2D eigenvalue weighted by molar-refractivity contribution is 0.0699. The second-order valence-corrected chi connectivity index (χ2v) is 3.74. The Morgan fingerprint density at radius 1 is 1.22 bits per heavy atom. The van der Waals surface area contributed by atoms with Crippen molar-refractivity contribution < 1.29 is 19.4 Å². The van der Waals surface area contributed by atoms with Gasteiger partial charge < -0.3 is 14.6 Å². The standard InChI is InChI=1S/C11H9ClN2O4/c1-17-9-10(18-2)14-8-6(13-9)4-3-5(12)7(8)11(15)16/h3-4H,1-2H3,(H,15,16). The molecule has 2 aromatic rings. The van der Waals surface area contributed by atoms with Gasteiger partial charge in [0, 0.05) is 0 Å². The largest absolute Gasteiger partial charge is 0.478 e. The first-order chi connectivity index (χ1) is 8.58. The van der Waals surface area contributed by atoms with Crippen LogP contribution in [0.5, 0.6) is 11.8 Å². The predicted molar refractivity (Wildman–Crippen MR) is 64.6 cm³/mol. The van der Waals surface area contributed by atoms with Crippen molar-refractivity contribution in [2.24, 2.45) is 0 Å². The zero-order valence-electron chi connectivity index (χ0n) is 9.60. The van der Waals surface area contributed by atoms with Gasteiger partial charge in [0.1, 0.15) is 11.1 Å². The molecule has 94 valence electrons. The summed E-state index contributed by atoms with van der Waals surface area (Å²) >= 11 is 5.85. The van der Waals surface area contributed by atoms with Gasteiger partial charge >= 0.3 is 5.97 Å². The summed E-state index contributed by atoms with van der Waals surface area (Å²) in [5.41, 5.74) is 0.421.